The number of H-pyrrole nitrogens is 1. The second kappa shape index (κ2) is 7.51. The number of alkyl halides is 2. The minimum atomic E-state index is -2.90. The molecule has 1 aromatic carbocycles. The van der Waals surface area contributed by atoms with Crippen LogP contribution in [0.25, 0.3) is 11.3 Å². The van der Waals surface area contributed by atoms with Gasteiger partial charge in [0.1, 0.15) is 5.75 Å². The van der Waals surface area contributed by atoms with E-state index in [2.05, 4.69) is 25.6 Å². The van der Waals surface area contributed by atoms with Gasteiger partial charge in [0.15, 0.2) is 0 Å². The Balaban J connectivity index is 2.19. The highest BCUT2D eigenvalue weighted by atomic mass is 19.3. The van der Waals surface area contributed by atoms with Crippen molar-refractivity contribution in [1.29, 1.82) is 0 Å². The zero-order valence-electron chi connectivity index (χ0n) is 11.9. The maximum Gasteiger partial charge on any atom is 0.387 e. The van der Waals surface area contributed by atoms with Gasteiger partial charge in [-0.15, -0.1) is 0 Å². The number of nitrogens with one attached hydrogen (secondary N) is 3. The lowest BCUT2D eigenvalue weighted by Gasteiger charge is -2.08. The minimum absolute atomic E-state index is 0.0173. The van der Waals surface area contributed by atoms with Gasteiger partial charge in [0.2, 0.25) is 0 Å². The molecule has 22 heavy (non-hydrogen) atoms. The van der Waals surface area contributed by atoms with Crippen LogP contribution in [0.5, 0.6) is 5.75 Å². The Morgan fingerprint density at radius 1 is 1.41 bits per heavy atom. The number of rotatable bonds is 7. The van der Waals surface area contributed by atoms with E-state index in [1.807, 2.05) is 0 Å². The van der Waals surface area contributed by atoms with E-state index in [9.17, 15) is 13.6 Å². The molecule has 0 fully saturated rings. The third-order valence-electron chi connectivity index (χ3n) is 2.89. The lowest BCUT2D eigenvalue weighted by molar-refractivity contribution is -0.0498. The molecule has 0 radical (unpaired) electrons. The average Bonchev–Trinajstić information content (AvgIpc) is 2.96. The van der Waals surface area contributed by atoms with Gasteiger partial charge >= 0.3 is 6.61 Å². The number of aromatic amines is 1. The van der Waals surface area contributed by atoms with Crippen LogP contribution in [0.15, 0.2) is 30.5 Å². The van der Waals surface area contributed by atoms with Crippen LogP contribution in [0.3, 0.4) is 0 Å². The topological polar surface area (TPSA) is 79.0 Å². The summed E-state index contributed by atoms with van der Waals surface area (Å²) in [4.78, 5) is 12.1. The average molecular weight is 310 g/mol. The van der Waals surface area contributed by atoms with Gasteiger partial charge in [-0.3, -0.25) is 9.89 Å². The first kappa shape index (κ1) is 15.9. The molecule has 0 aliphatic heterocycles. The first-order chi connectivity index (χ1) is 10.6. The number of carbonyl (C=O) groups excluding carboxylic acids is 1. The summed E-state index contributed by atoms with van der Waals surface area (Å²) in [5, 5.41) is 12.2. The number of benzene rings is 1. The van der Waals surface area contributed by atoms with Crippen molar-refractivity contribution in [3.05, 3.63) is 36.0 Å². The van der Waals surface area contributed by atoms with Crippen molar-refractivity contribution in [3.8, 4) is 17.0 Å². The van der Waals surface area contributed by atoms with Gasteiger partial charge < -0.3 is 15.4 Å². The molecule has 1 aromatic heterocycles. The van der Waals surface area contributed by atoms with E-state index in [1.54, 1.807) is 19.2 Å². The van der Waals surface area contributed by atoms with Gasteiger partial charge in [0.25, 0.3) is 5.91 Å². The maximum atomic E-state index is 12.3. The summed E-state index contributed by atoms with van der Waals surface area (Å²) >= 11 is 0. The van der Waals surface area contributed by atoms with Crippen LogP contribution in [-0.4, -0.2) is 42.9 Å². The molecular weight excluding hydrogens is 294 g/mol. The Bertz CT molecular complexity index is 631. The summed E-state index contributed by atoms with van der Waals surface area (Å²) in [6.07, 6.45) is 1.39. The van der Waals surface area contributed by atoms with Gasteiger partial charge in [-0.25, -0.2) is 0 Å². The van der Waals surface area contributed by atoms with Crippen LogP contribution < -0.4 is 15.4 Å². The summed E-state index contributed by atoms with van der Waals surface area (Å²) in [5.41, 5.74) is 1.32. The van der Waals surface area contributed by atoms with Gasteiger partial charge in [0, 0.05) is 18.7 Å². The second-order valence-electron chi connectivity index (χ2n) is 4.42. The van der Waals surface area contributed by atoms with Crippen molar-refractivity contribution < 1.29 is 18.3 Å². The van der Waals surface area contributed by atoms with Crippen LogP contribution >= 0.6 is 0 Å². The van der Waals surface area contributed by atoms with Gasteiger partial charge in [-0.1, -0.05) is 12.1 Å². The number of aromatic nitrogens is 2. The smallest absolute Gasteiger partial charge is 0.387 e. The summed E-state index contributed by atoms with van der Waals surface area (Å²) in [7, 11) is 1.78. The van der Waals surface area contributed by atoms with Crippen LogP contribution in [-0.2, 0) is 0 Å². The third-order valence-corrected chi connectivity index (χ3v) is 2.89. The first-order valence-electron chi connectivity index (χ1n) is 6.63. The van der Waals surface area contributed by atoms with Crippen LogP contribution in [0.4, 0.5) is 8.78 Å². The lowest BCUT2D eigenvalue weighted by atomic mass is 10.1. The monoisotopic (exact) mass is 310 g/mol. The molecule has 0 unspecified atom stereocenters. The van der Waals surface area contributed by atoms with Gasteiger partial charge in [-0.2, -0.15) is 13.9 Å². The van der Waals surface area contributed by atoms with Crippen molar-refractivity contribution in [1.82, 2.24) is 20.8 Å². The van der Waals surface area contributed by atoms with Crippen molar-refractivity contribution in [2.24, 2.45) is 0 Å². The number of amides is 1. The van der Waals surface area contributed by atoms with Gasteiger partial charge in [0.05, 0.1) is 17.5 Å². The normalized spacial score (nSPS) is 10.7. The summed E-state index contributed by atoms with van der Waals surface area (Å²) in [6.45, 7) is -1.80. The molecule has 0 spiro atoms. The Labute approximate surface area is 125 Å². The predicted molar refractivity (Wildman–Crippen MR) is 76.9 cm³/mol. The molecule has 6 nitrogen and oxygen atoms in total. The van der Waals surface area contributed by atoms with E-state index in [4.69, 9.17) is 0 Å². The molecule has 0 saturated heterocycles. The van der Waals surface area contributed by atoms with Crippen molar-refractivity contribution >= 4 is 5.91 Å². The second-order valence-corrected chi connectivity index (χ2v) is 4.42. The Morgan fingerprint density at radius 3 is 2.95 bits per heavy atom. The minimum Gasteiger partial charge on any atom is -0.435 e. The van der Waals surface area contributed by atoms with Crippen LogP contribution in [0, 0.1) is 0 Å². The van der Waals surface area contributed by atoms with Crippen molar-refractivity contribution in [2.45, 2.75) is 6.61 Å². The van der Waals surface area contributed by atoms with E-state index in [0.29, 0.717) is 29.9 Å². The Kier molecular flexibility index (Phi) is 5.42. The number of carbonyl (C=O) groups is 1. The molecule has 2 rings (SSSR count). The van der Waals surface area contributed by atoms with Crippen molar-refractivity contribution in [2.75, 3.05) is 20.1 Å². The summed E-state index contributed by atoms with van der Waals surface area (Å²) in [6, 6.07) is 6.08. The molecule has 1 heterocycles. The molecule has 0 aliphatic rings. The molecule has 0 saturated carbocycles. The number of nitrogens with zero attached hydrogens (tertiary/aromatic N) is 1. The first-order valence-corrected chi connectivity index (χ1v) is 6.63. The van der Waals surface area contributed by atoms with Crippen LogP contribution in [0.1, 0.15) is 10.4 Å². The molecular formula is C14H16F2N4O2. The molecule has 3 N–H and O–H groups in total. The summed E-state index contributed by atoms with van der Waals surface area (Å²) in [5.74, 6) is -0.275. The molecule has 1 amide bonds. The number of hydrogen-bond acceptors (Lipinski definition) is 4. The molecule has 0 bridgehead atoms. The number of likely N-dealkylation sites (N-methyl/N-ethyl adjacent to an activating group) is 1. The fourth-order valence-electron chi connectivity index (χ4n) is 1.90. The SMILES string of the molecule is CNCCNC(=O)c1cn[nH]c1-c1cccc(OC(F)F)c1. The zero-order valence-corrected chi connectivity index (χ0v) is 11.9. The fourth-order valence-corrected chi connectivity index (χ4v) is 1.90. The fraction of sp³-hybridized carbons (Fsp3) is 0.286. The molecule has 0 aliphatic carbocycles. The Hall–Kier alpha value is -2.48. The highest BCUT2D eigenvalue weighted by Crippen LogP contribution is 2.25. The van der Waals surface area contributed by atoms with E-state index in [1.165, 1.54) is 18.3 Å². The van der Waals surface area contributed by atoms with E-state index < -0.39 is 6.61 Å². The molecule has 0 atom stereocenters. The lowest BCUT2D eigenvalue weighted by Crippen LogP contribution is -2.30. The number of ether oxygens (including phenoxy) is 1. The van der Waals surface area contributed by atoms with E-state index in [0.717, 1.165) is 0 Å². The largest absolute Gasteiger partial charge is 0.435 e. The molecule has 118 valence electrons. The molecule has 8 heteroatoms. The standard InChI is InChI=1S/C14H16F2N4O2/c1-17-5-6-18-13(21)11-8-19-20-12(11)9-3-2-4-10(7-9)22-14(15)16/h2-4,7-8,14,17H,5-6H2,1H3,(H,18,21)(H,19,20). The molecule has 2 aromatic rings. The highest BCUT2D eigenvalue weighted by molar-refractivity contribution is 5.99. The van der Waals surface area contributed by atoms with Crippen LogP contribution in [0.2, 0.25) is 0 Å². The van der Waals surface area contributed by atoms with Gasteiger partial charge in [-0.05, 0) is 19.2 Å². The highest BCUT2D eigenvalue weighted by Gasteiger charge is 2.15. The quantitative estimate of drug-likeness (QED) is 0.679. The van der Waals surface area contributed by atoms with Crippen molar-refractivity contribution in [3.63, 3.8) is 0 Å². The number of halogens is 2. The van der Waals surface area contributed by atoms with E-state index >= 15 is 0 Å². The predicted octanol–water partition coefficient (Wildman–Crippen LogP) is 1.63. The number of hydrogen-bond donors (Lipinski definition) is 3. The Morgan fingerprint density at radius 2 is 2.23 bits per heavy atom. The van der Waals surface area contributed by atoms with E-state index in [-0.39, 0.29) is 11.7 Å². The maximum absolute atomic E-state index is 12.3. The summed E-state index contributed by atoms with van der Waals surface area (Å²) < 4.78 is 28.9. The third kappa shape index (κ3) is 4.01. The zero-order chi connectivity index (χ0) is 15.9.